The predicted octanol–water partition coefficient (Wildman–Crippen LogP) is 9.96. The lowest BCUT2D eigenvalue weighted by molar-refractivity contribution is -0.163. The molecule has 386 valence electrons. The molecule has 0 aliphatic carbocycles. The quantitative estimate of drug-likeness (QED) is 0.120. The van der Waals surface area contributed by atoms with Crippen LogP contribution in [0, 0.1) is 25.6 Å². The standard InChI is InChI=1S/C54H60Cl2FN7O8S/c1-31-43-32(2)47(56)48(46(31)55)70-39(27-63-22-20-62(6)21-23-63)29-68-38-12-13-40(69-28-37-14-17-58-53(61-37)64-18-15-33(16-19-64)24-42(65)67-7)35(25-38)26-41(52(66)72-54(3,4)5)71-50-45-44(43)49(73-51(45)60-30-59-50)34-8-10-36(57)11-9-34/h8-14,17,25,30,33,39,41H,15-16,18-24,26-29H2,1-7H3/t39-,41-/m1/s1. The zero-order valence-electron chi connectivity index (χ0n) is 42.1. The fourth-order valence-electron chi connectivity index (χ4n) is 9.50. The lowest BCUT2D eigenvalue weighted by Gasteiger charge is -2.35. The van der Waals surface area contributed by atoms with E-state index in [2.05, 4.69) is 26.7 Å². The number of aromatic nitrogens is 4. The highest BCUT2D eigenvalue weighted by Gasteiger charge is 2.34. The smallest absolute Gasteiger partial charge is 0.348 e. The van der Waals surface area contributed by atoms with E-state index in [1.54, 1.807) is 45.2 Å². The van der Waals surface area contributed by atoms with Crippen molar-refractivity contribution in [1.82, 2.24) is 29.7 Å². The van der Waals surface area contributed by atoms with Crippen LogP contribution in [0.25, 0.3) is 31.8 Å². The monoisotopic (exact) mass is 1060 g/mol. The number of hydrogen-bond donors (Lipinski definition) is 0. The summed E-state index contributed by atoms with van der Waals surface area (Å²) in [4.78, 5) is 53.5. The average molecular weight is 1060 g/mol. The van der Waals surface area contributed by atoms with Gasteiger partial charge in [0.1, 0.15) is 53.4 Å². The third-order valence-electron chi connectivity index (χ3n) is 13.4. The molecule has 0 unspecified atom stereocenters. The summed E-state index contributed by atoms with van der Waals surface area (Å²) in [5, 5.41) is 1.13. The van der Waals surface area contributed by atoms with Crippen LogP contribution in [0.5, 0.6) is 23.1 Å². The number of carbonyl (C=O) groups is 2. The van der Waals surface area contributed by atoms with Crippen LogP contribution in [0.4, 0.5) is 10.3 Å². The Kier molecular flexibility index (Phi) is 15.9. The maximum absolute atomic E-state index is 14.6. The van der Waals surface area contributed by atoms with Crippen molar-refractivity contribution >= 4 is 62.6 Å². The molecule has 2 atom stereocenters. The second-order valence-corrected chi connectivity index (χ2v) is 21.6. The molecule has 7 heterocycles. The number of hydrogen-bond acceptors (Lipinski definition) is 16. The first-order chi connectivity index (χ1) is 35.0. The number of thiophene rings is 1. The number of halogens is 3. The molecular weight excluding hydrogens is 997 g/mol. The second kappa shape index (κ2) is 22.3. The Morgan fingerprint density at radius 2 is 1.63 bits per heavy atom. The average Bonchev–Trinajstić information content (AvgIpc) is 3.76. The summed E-state index contributed by atoms with van der Waals surface area (Å²) >= 11 is 16.2. The molecule has 0 saturated carbocycles. The Labute approximate surface area is 438 Å². The van der Waals surface area contributed by atoms with Crippen molar-refractivity contribution in [1.29, 1.82) is 0 Å². The van der Waals surface area contributed by atoms with E-state index < -0.39 is 23.8 Å². The Hall–Kier alpha value is -5.85. The number of benzene rings is 3. The predicted molar refractivity (Wildman–Crippen MR) is 280 cm³/mol. The van der Waals surface area contributed by atoms with Crippen molar-refractivity contribution in [2.45, 2.75) is 84.7 Å². The van der Waals surface area contributed by atoms with Crippen LogP contribution in [0.1, 0.15) is 62.4 Å². The summed E-state index contributed by atoms with van der Waals surface area (Å²) < 4.78 is 52.5. The maximum Gasteiger partial charge on any atom is 0.348 e. The molecule has 3 aromatic heterocycles. The van der Waals surface area contributed by atoms with E-state index in [4.69, 9.17) is 66.6 Å². The zero-order chi connectivity index (χ0) is 51.6. The number of rotatable bonds is 10. The number of ether oxygens (including phenoxy) is 6. The van der Waals surface area contributed by atoms with Crippen molar-refractivity contribution in [3.05, 3.63) is 99.3 Å². The van der Waals surface area contributed by atoms with Crippen LogP contribution in [-0.2, 0) is 32.1 Å². The van der Waals surface area contributed by atoms with E-state index in [1.807, 2.05) is 32.0 Å². The van der Waals surface area contributed by atoms with E-state index in [1.165, 1.54) is 36.9 Å². The van der Waals surface area contributed by atoms with Gasteiger partial charge in [-0.15, -0.1) is 11.3 Å². The maximum atomic E-state index is 14.6. The van der Waals surface area contributed by atoms with Crippen molar-refractivity contribution in [3.8, 4) is 44.7 Å². The third kappa shape index (κ3) is 12.1. The molecule has 15 nitrogen and oxygen atoms in total. The first-order valence-corrected chi connectivity index (χ1v) is 26.1. The second-order valence-electron chi connectivity index (χ2n) is 19.9. The number of likely N-dealkylation sites (N-methyl/N-ethyl adjacent to an activating group) is 1. The molecule has 0 N–H and O–H groups in total. The van der Waals surface area contributed by atoms with Crippen molar-refractivity contribution in [3.63, 3.8) is 0 Å². The first-order valence-electron chi connectivity index (χ1n) is 24.5. The molecule has 6 aromatic rings. The van der Waals surface area contributed by atoms with E-state index in [9.17, 15) is 14.0 Å². The van der Waals surface area contributed by atoms with Gasteiger partial charge in [0.05, 0.1) is 28.2 Å². The third-order valence-corrected chi connectivity index (χ3v) is 15.5. The minimum Gasteiger partial charge on any atom is -0.490 e. The van der Waals surface area contributed by atoms with Gasteiger partial charge in [-0.1, -0.05) is 35.3 Å². The summed E-state index contributed by atoms with van der Waals surface area (Å²) in [5.41, 5.74) is 3.75. The molecular formula is C54H60Cl2FN7O8S. The van der Waals surface area contributed by atoms with Gasteiger partial charge in [0.25, 0.3) is 0 Å². The van der Waals surface area contributed by atoms with Crippen LogP contribution in [0.3, 0.4) is 0 Å². The molecule has 73 heavy (non-hydrogen) atoms. The van der Waals surface area contributed by atoms with Gasteiger partial charge in [0.15, 0.2) is 5.75 Å². The van der Waals surface area contributed by atoms with Crippen molar-refractivity contribution in [2.24, 2.45) is 5.92 Å². The van der Waals surface area contributed by atoms with Gasteiger partial charge < -0.3 is 38.2 Å². The van der Waals surface area contributed by atoms with Crippen LogP contribution >= 0.6 is 34.5 Å². The SMILES string of the molecule is COC(=O)CC1CCN(c2nccc(COc3ccc4cc3C[C@H](C(=O)OC(C)(C)C)Oc3ncnc5sc(-c6ccc(F)cc6)c(c35)-c3c(C)c(Cl)c(c(Cl)c3C)O[C@H](CN3CCN(C)CC3)CO4)n2)CC1. The summed E-state index contributed by atoms with van der Waals surface area (Å²) in [6, 6.07) is 13.5. The number of methoxy groups -OCH3 is 1. The summed E-state index contributed by atoms with van der Waals surface area (Å²) in [5.74, 6) is 0.989. The molecule has 0 radical (unpaired) electrons. The van der Waals surface area contributed by atoms with Crippen molar-refractivity contribution in [2.75, 3.05) is 71.5 Å². The first kappa shape index (κ1) is 52.0. The number of carbonyl (C=O) groups excluding carboxylic acids is 2. The van der Waals surface area contributed by atoms with E-state index in [0.29, 0.717) is 109 Å². The normalized spacial score (nSPS) is 18.1. The van der Waals surface area contributed by atoms with Crippen molar-refractivity contribution < 1.29 is 42.4 Å². The van der Waals surface area contributed by atoms with Crippen LogP contribution < -0.4 is 23.8 Å². The highest BCUT2D eigenvalue weighted by atomic mass is 35.5. The molecule has 2 fully saturated rings. The number of piperazine rings is 1. The van der Waals surface area contributed by atoms with E-state index in [0.717, 1.165) is 43.9 Å². The van der Waals surface area contributed by atoms with Gasteiger partial charge in [-0.05, 0) is 119 Å². The molecule has 0 amide bonds. The lowest BCUT2D eigenvalue weighted by Crippen LogP contribution is -2.49. The minimum absolute atomic E-state index is 0.0297. The number of esters is 2. The van der Waals surface area contributed by atoms with Gasteiger partial charge in [-0.3, -0.25) is 9.69 Å². The Bertz CT molecular complexity index is 2950. The summed E-state index contributed by atoms with van der Waals surface area (Å²) in [7, 11) is 3.53. The number of fused-ring (bicyclic) bond motifs is 7. The van der Waals surface area contributed by atoms with Crippen LogP contribution in [0.15, 0.2) is 61.1 Å². The summed E-state index contributed by atoms with van der Waals surface area (Å²) in [6.07, 6.45) is 3.30. The van der Waals surface area contributed by atoms with E-state index >= 15 is 0 Å². The lowest BCUT2D eigenvalue weighted by atomic mass is 9.92. The Morgan fingerprint density at radius 3 is 2.33 bits per heavy atom. The highest BCUT2D eigenvalue weighted by molar-refractivity contribution is 7.22. The molecule has 0 spiro atoms. The van der Waals surface area contributed by atoms with Gasteiger partial charge in [0.2, 0.25) is 17.9 Å². The number of nitrogens with zero attached hydrogens (tertiary/aromatic N) is 7. The Morgan fingerprint density at radius 1 is 0.904 bits per heavy atom. The van der Waals surface area contributed by atoms with Gasteiger partial charge in [0, 0.05) is 80.9 Å². The van der Waals surface area contributed by atoms with Gasteiger partial charge >= 0.3 is 11.9 Å². The fraction of sp³-hybridized carbons (Fsp3) is 0.444. The largest absolute Gasteiger partial charge is 0.490 e. The molecule has 4 aliphatic rings. The molecule has 19 heteroatoms. The zero-order valence-corrected chi connectivity index (χ0v) is 44.5. The number of anilines is 1. The van der Waals surface area contributed by atoms with Gasteiger partial charge in [-0.25, -0.2) is 29.1 Å². The minimum atomic E-state index is -1.27. The highest BCUT2D eigenvalue weighted by Crippen LogP contribution is 2.53. The molecule has 3 aromatic carbocycles. The fourth-order valence-corrected chi connectivity index (χ4v) is 11.2. The molecule has 2 saturated heterocycles. The van der Waals surface area contributed by atoms with Crippen LogP contribution in [-0.4, -0.2) is 126 Å². The van der Waals surface area contributed by atoms with Crippen LogP contribution in [0.2, 0.25) is 10.0 Å². The molecule has 4 bridgehead atoms. The molecule has 10 rings (SSSR count). The Balaban J connectivity index is 1.14. The topological polar surface area (TPSA) is 151 Å². The number of piperidine rings is 1. The van der Waals surface area contributed by atoms with Gasteiger partial charge in [-0.2, -0.15) is 0 Å². The summed E-state index contributed by atoms with van der Waals surface area (Å²) in [6.45, 7) is 14.8. The van der Waals surface area contributed by atoms with E-state index in [-0.39, 0.29) is 43.2 Å². The molecule has 4 aliphatic heterocycles.